The molecule has 0 spiro atoms. The molecule has 0 aromatic heterocycles. The Bertz CT molecular complexity index is 375. The first-order chi connectivity index (χ1) is 9.76. The highest BCUT2D eigenvalue weighted by atomic mass is 28.4. The molecule has 0 unspecified atom stereocenters. The van der Waals surface area contributed by atoms with Crippen LogP contribution in [0.25, 0.3) is 6.08 Å². The van der Waals surface area contributed by atoms with Gasteiger partial charge in [-0.25, -0.2) is 5.43 Å². The van der Waals surface area contributed by atoms with E-state index >= 15 is 0 Å². The normalized spacial score (nSPS) is 11.9. The fourth-order valence-corrected chi connectivity index (χ4v) is 3.50. The Morgan fingerprint density at radius 3 is 2.30 bits per heavy atom. The lowest BCUT2D eigenvalue weighted by Gasteiger charge is -2.24. The SMILES string of the molecule is CO[Si](CCCNNC=Cc1ccccc1)(OC)OC. The van der Waals surface area contributed by atoms with Crippen molar-refractivity contribution in [2.75, 3.05) is 27.9 Å². The zero-order chi connectivity index (χ0) is 14.7. The first-order valence-electron chi connectivity index (χ1n) is 6.62. The molecular formula is C14H24N2O3Si. The number of hydrazine groups is 1. The topological polar surface area (TPSA) is 51.8 Å². The summed E-state index contributed by atoms with van der Waals surface area (Å²) in [5, 5.41) is 0. The van der Waals surface area contributed by atoms with Crippen molar-refractivity contribution >= 4 is 14.9 Å². The minimum Gasteiger partial charge on any atom is -0.377 e. The molecule has 0 aliphatic carbocycles. The summed E-state index contributed by atoms with van der Waals surface area (Å²) in [5.41, 5.74) is 7.31. The highest BCUT2D eigenvalue weighted by molar-refractivity contribution is 6.60. The third-order valence-electron chi connectivity index (χ3n) is 2.98. The van der Waals surface area contributed by atoms with Gasteiger partial charge in [-0.15, -0.1) is 0 Å². The van der Waals surface area contributed by atoms with Crippen molar-refractivity contribution in [2.45, 2.75) is 12.5 Å². The molecule has 6 heteroatoms. The molecular weight excluding hydrogens is 272 g/mol. The van der Waals surface area contributed by atoms with Crippen LogP contribution < -0.4 is 10.9 Å². The molecule has 2 N–H and O–H groups in total. The first-order valence-corrected chi connectivity index (χ1v) is 8.55. The van der Waals surface area contributed by atoms with Gasteiger partial charge in [-0.3, -0.25) is 0 Å². The monoisotopic (exact) mass is 296 g/mol. The van der Waals surface area contributed by atoms with Gasteiger partial charge in [0.1, 0.15) is 0 Å². The smallest absolute Gasteiger partial charge is 0.377 e. The fourth-order valence-electron chi connectivity index (χ4n) is 1.78. The average Bonchev–Trinajstić information content (AvgIpc) is 2.52. The minimum atomic E-state index is -2.42. The highest BCUT2D eigenvalue weighted by Crippen LogP contribution is 2.14. The Labute approximate surface area is 122 Å². The molecule has 0 heterocycles. The van der Waals surface area contributed by atoms with Crippen LogP contribution in [0, 0.1) is 0 Å². The lowest BCUT2D eigenvalue weighted by molar-refractivity contribution is 0.123. The quantitative estimate of drug-likeness (QED) is 0.393. The summed E-state index contributed by atoms with van der Waals surface area (Å²) in [6.45, 7) is 0.809. The lowest BCUT2D eigenvalue weighted by Crippen LogP contribution is -2.43. The molecule has 0 bridgehead atoms. The summed E-state index contributed by atoms with van der Waals surface area (Å²) in [6, 6.07) is 10.9. The molecule has 112 valence electrons. The van der Waals surface area contributed by atoms with Crippen LogP contribution in [0.3, 0.4) is 0 Å². The zero-order valence-electron chi connectivity index (χ0n) is 12.4. The van der Waals surface area contributed by atoms with Crippen LogP contribution in [0.15, 0.2) is 36.5 Å². The van der Waals surface area contributed by atoms with Crippen molar-refractivity contribution in [2.24, 2.45) is 0 Å². The van der Waals surface area contributed by atoms with Crippen molar-refractivity contribution in [3.8, 4) is 0 Å². The zero-order valence-corrected chi connectivity index (χ0v) is 13.4. The summed E-state index contributed by atoms with van der Waals surface area (Å²) in [7, 11) is 2.47. The number of benzene rings is 1. The second-order valence-corrected chi connectivity index (χ2v) is 7.30. The van der Waals surface area contributed by atoms with Gasteiger partial charge >= 0.3 is 8.80 Å². The molecule has 0 fully saturated rings. The first kappa shape index (κ1) is 16.9. The maximum Gasteiger partial charge on any atom is 0.500 e. The van der Waals surface area contributed by atoms with Crippen molar-refractivity contribution in [3.63, 3.8) is 0 Å². The predicted octanol–water partition coefficient (Wildman–Crippen LogP) is 2.02. The molecule has 1 aromatic rings. The summed E-state index contributed by atoms with van der Waals surface area (Å²) in [4.78, 5) is 0. The van der Waals surface area contributed by atoms with E-state index in [0.29, 0.717) is 0 Å². The Morgan fingerprint density at radius 1 is 1.05 bits per heavy atom. The molecule has 0 amide bonds. The van der Waals surface area contributed by atoms with E-state index < -0.39 is 8.80 Å². The standard InChI is InChI=1S/C14H24N2O3Si/c1-17-20(18-2,19-3)13-7-11-15-16-12-10-14-8-5-4-6-9-14/h4-6,8-10,12,15-16H,7,11,13H2,1-3H3. The molecule has 0 aliphatic rings. The fraction of sp³-hybridized carbons (Fsp3) is 0.429. The van der Waals surface area contributed by atoms with Gasteiger partial charge in [0.15, 0.2) is 0 Å². The Kier molecular flexibility index (Phi) is 8.16. The van der Waals surface area contributed by atoms with Crippen molar-refractivity contribution in [1.29, 1.82) is 0 Å². The Hall–Kier alpha value is -1.18. The maximum absolute atomic E-state index is 5.35. The predicted molar refractivity (Wildman–Crippen MR) is 82.8 cm³/mol. The molecule has 0 radical (unpaired) electrons. The van der Waals surface area contributed by atoms with Crippen LogP contribution in [0.4, 0.5) is 0 Å². The largest absolute Gasteiger partial charge is 0.500 e. The minimum absolute atomic E-state index is 0.785. The van der Waals surface area contributed by atoms with Gasteiger partial charge in [0.25, 0.3) is 0 Å². The highest BCUT2D eigenvalue weighted by Gasteiger charge is 2.36. The average molecular weight is 296 g/mol. The molecule has 0 atom stereocenters. The summed E-state index contributed by atoms with van der Waals surface area (Å²) >= 11 is 0. The molecule has 0 aliphatic heterocycles. The Balaban J connectivity index is 2.15. The molecule has 20 heavy (non-hydrogen) atoms. The third-order valence-corrected chi connectivity index (χ3v) is 5.81. The van der Waals surface area contributed by atoms with E-state index in [4.69, 9.17) is 13.3 Å². The van der Waals surface area contributed by atoms with Crippen LogP contribution >= 0.6 is 0 Å². The van der Waals surface area contributed by atoms with E-state index in [1.165, 1.54) is 0 Å². The number of rotatable bonds is 10. The van der Waals surface area contributed by atoms with Crippen LogP contribution in [-0.2, 0) is 13.3 Å². The van der Waals surface area contributed by atoms with Crippen molar-refractivity contribution < 1.29 is 13.3 Å². The van der Waals surface area contributed by atoms with Gasteiger partial charge in [-0.1, -0.05) is 30.3 Å². The van der Waals surface area contributed by atoms with E-state index in [9.17, 15) is 0 Å². The van der Waals surface area contributed by atoms with Gasteiger partial charge in [0, 0.05) is 40.1 Å². The van der Waals surface area contributed by atoms with E-state index in [1.54, 1.807) is 21.3 Å². The van der Waals surface area contributed by atoms with Gasteiger partial charge in [-0.2, -0.15) is 0 Å². The molecule has 1 aromatic carbocycles. The number of hydrogen-bond donors (Lipinski definition) is 2. The molecule has 5 nitrogen and oxygen atoms in total. The summed E-state index contributed by atoms with van der Waals surface area (Å²) < 4.78 is 16.1. The van der Waals surface area contributed by atoms with Crippen LogP contribution in [-0.4, -0.2) is 36.7 Å². The molecule has 0 saturated heterocycles. The van der Waals surface area contributed by atoms with Crippen LogP contribution in [0.1, 0.15) is 12.0 Å². The van der Waals surface area contributed by atoms with Crippen molar-refractivity contribution in [1.82, 2.24) is 10.9 Å². The third kappa shape index (κ3) is 5.85. The van der Waals surface area contributed by atoms with Crippen LogP contribution in [0.5, 0.6) is 0 Å². The van der Waals surface area contributed by atoms with E-state index in [0.717, 1.165) is 24.6 Å². The van der Waals surface area contributed by atoms with Crippen LogP contribution in [0.2, 0.25) is 6.04 Å². The van der Waals surface area contributed by atoms with Gasteiger partial charge in [0.2, 0.25) is 0 Å². The van der Waals surface area contributed by atoms with Gasteiger partial charge in [0.05, 0.1) is 0 Å². The second-order valence-electron chi connectivity index (χ2n) is 4.21. The summed E-state index contributed by atoms with van der Waals surface area (Å²) in [5.74, 6) is 0. The number of nitrogens with one attached hydrogen (secondary N) is 2. The maximum atomic E-state index is 5.35. The van der Waals surface area contributed by atoms with E-state index in [-0.39, 0.29) is 0 Å². The number of hydrogen-bond acceptors (Lipinski definition) is 5. The van der Waals surface area contributed by atoms with E-state index in [1.807, 2.05) is 42.6 Å². The second kappa shape index (κ2) is 9.68. The summed E-state index contributed by atoms with van der Waals surface area (Å²) in [6.07, 6.45) is 4.79. The van der Waals surface area contributed by atoms with Crippen molar-refractivity contribution in [3.05, 3.63) is 42.1 Å². The van der Waals surface area contributed by atoms with E-state index in [2.05, 4.69) is 10.9 Å². The molecule has 1 rings (SSSR count). The Morgan fingerprint density at radius 2 is 1.70 bits per heavy atom. The van der Waals surface area contributed by atoms with Gasteiger partial charge < -0.3 is 18.7 Å². The van der Waals surface area contributed by atoms with Gasteiger partial charge in [-0.05, 0) is 18.1 Å². The molecule has 0 saturated carbocycles. The lowest BCUT2D eigenvalue weighted by atomic mass is 10.2.